The number of hydrogen-bond donors (Lipinski definition) is 2. The molecular formula is C22H26N6O3. The summed E-state index contributed by atoms with van der Waals surface area (Å²) in [6, 6.07) is 7.21. The fourth-order valence-electron chi connectivity index (χ4n) is 5.14. The average molecular weight is 422 g/mol. The second kappa shape index (κ2) is 7.58. The fourth-order valence-corrected chi connectivity index (χ4v) is 5.14. The topological polar surface area (TPSA) is 114 Å². The number of carbonyl (C=O) groups is 3. The normalized spacial score (nSPS) is 26.5. The van der Waals surface area contributed by atoms with Crippen LogP contribution >= 0.6 is 0 Å². The number of hydrogen-bond acceptors (Lipinski definition) is 6. The molecule has 9 nitrogen and oxygen atoms in total. The number of nitrogens with two attached hydrogens (primary N) is 1. The van der Waals surface area contributed by atoms with Crippen LogP contribution in [0.4, 0.5) is 0 Å². The minimum absolute atomic E-state index is 0.0220. The number of imide groups is 1. The van der Waals surface area contributed by atoms with Crippen molar-refractivity contribution < 1.29 is 14.4 Å². The Morgan fingerprint density at radius 3 is 2.77 bits per heavy atom. The number of nitrogens with one attached hydrogen (secondary N) is 1. The van der Waals surface area contributed by atoms with Gasteiger partial charge in [-0.15, -0.1) is 0 Å². The number of aryl methyl sites for hydroxylation is 1. The van der Waals surface area contributed by atoms with Crippen molar-refractivity contribution in [2.75, 3.05) is 13.1 Å². The molecule has 2 fully saturated rings. The lowest BCUT2D eigenvalue weighted by atomic mass is 10.0. The zero-order chi connectivity index (χ0) is 21.7. The Balaban J connectivity index is 1.34. The summed E-state index contributed by atoms with van der Waals surface area (Å²) in [5.41, 5.74) is 10.3. The lowest BCUT2D eigenvalue weighted by molar-refractivity contribution is -0.136. The predicted molar refractivity (Wildman–Crippen MR) is 112 cm³/mol. The third-order valence-electron chi connectivity index (χ3n) is 6.75. The van der Waals surface area contributed by atoms with Crippen LogP contribution in [0.1, 0.15) is 45.9 Å². The highest BCUT2D eigenvalue weighted by Crippen LogP contribution is 2.32. The van der Waals surface area contributed by atoms with Gasteiger partial charge in [-0.05, 0) is 29.7 Å². The van der Waals surface area contributed by atoms with Gasteiger partial charge < -0.3 is 10.6 Å². The Hall–Kier alpha value is -3.04. The minimum atomic E-state index is -0.597. The maximum Gasteiger partial charge on any atom is 0.255 e. The first-order chi connectivity index (χ1) is 14.9. The van der Waals surface area contributed by atoms with E-state index in [-0.39, 0.29) is 36.1 Å². The summed E-state index contributed by atoms with van der Waals surface area (Å²) >= 11 is 0. The Labute approximate surface area is 180 Å². The number of benzene rings is 1. The summed E-state index contributed by atoms with van der Waals surface area (Å²) in [6.45, 7) is 2.68. The van der Waals surface area contributed by atoms with E-state index in [1.165, 1.54) is 0 Å². The van der Waals surface area contributed by atoms with Crippen molar-refractivity contribution in [3.05, 3.63) is 52.8 Å². The molecular weight excluding hydrogens is 396 g/mol. The molecule has 2 saturated heterocycles. The van der Waals surface area contributed by atoms with Crippen LogP contribution in [0.25, 0.3) is 0 Å². The van der Waals surface area contributed by atoms with E-state index >= 15 is 0 Å². The second-order valence-corrected chi connectivity index (χ2v) is 8.69. The molecule has 3 N–H and O–H groups in total. The Bertz CT molecular complexity index is 1060. The maximum absolute atomic E-state index is 13.0. The molecule has 0 bridgehead atoms. The molecule has 3 aliphatic rings. The van der Waals surface area contributed by atoms with Crippen molar-refractivity contribution in [1.29, 1.82) is 0 Å². The van der Waals surface area contributed by atoms with Crippen molar-refractivity contribution in [3.63, 3.8) is 0 Å². The van der Waals surface area contributed by atoms with Crippen LogP contribution in [0.2, 0.25) is 0 Å². The third kappa shape index (κ3) is 3.43. The number of amides is 3. The lowest BCUT2D eigenvalue weighted by Crippen LogP contribution is -2.52. The monoisotopic (exact) mass is 422 g/mol. The first-order valence-electron chi connectivity index (χ1n) is 10.6. The van der Waals surface area contributed by atoms with Crippen molar-refractivity contribution in [3.8, 4) is 0 Å². The lowest BCUT2D eigenvalue weighted by Gasteiger charge is -2.29. The largest absolute Gasteiger partial charge is 0.326 e. The summed E-state index contributed by atoms with van der Waals surface area (Å²) < 4.78 is 1.88. The molecule has 3 atom stereocenters. The number of fused-ring (bicyclic) bond motifs is 1. The van der Waals surface area contributed by atoms with Crippen LogP contribution in [-0.2, 0) is 29.7 Å². The van der Waals surface area contributed by atoms with E-state index < -0.39 is 6.04 Å². The van der Waals surface area contributed by atoms with Crippen molar-refractivity contribution in [1.82, 2.24) is 24.9 Å². The van der Waals surface area contributed by atoms with Gasteiger partial charge in [0, 0.05) is 69.1 Å². The number of likely N-dealkylation sites (tertiary alicyclic amines) is 1. The van der Waals surface area contributed by atoms with Crippen LogP contribution in [0.5, 0.6) is 0 Å². The molecule has 2 aromatic rings. The molecule has 3 amide bonds. The molecule has 4 heterocycles. The van der Waals surface area contributed by atoms with Crippen LogP contribution < -0.4 is 11.1 Å². The van der Waals surface area contributed by atoms with Gasteiger partial charge in [-0.25, -0.2) is 0 Å². The van der Waals surface area contributed by atoms with Gasteiger partial charge in [0.2, 0.25) is 11.8 Å². The molecule has 0 radical (unpaired) electrons. The second-order valence-electron chi connectivity index (χ2n) is 8.69. The van der Waals surface area contributed by atoms with E-state index in [1.807, 2.05) is 36.0 Å². The van der Waals surface area contributed by atoms with Gasteiger partial charge in [0.1, 0.15) is 6.04 Å². The number of nitrogens with zero attached hydrogens (tertiary/aromatic N) is 4. The summed E-state index contributed by atoms with van der Waals surface area (Å²) in [4.78, 5) is 40.7. The van der Waals surface area contributed by atoms with Crippen LogP contribution in [0, 0.1) is 0 Å². The summed E-state index contributed by atoms with van der Waals surface area (Å²) in [6.07, 6.45) is 2.42. The number of carbonyl (C=O) groups excluding carboxylic acids is 3. The molecule has 9 heteroatoms. The van der Waals surface area contributed by atoms with Gasteiger partial charge >= 0.3 is 0 Å². The Kier molecular flexibility index (Phi) is 4.86. The maximum atomic E-state index is 13.0. The summed E-state index contributed by atoms with van der Waals surface area (Å²) in [7, 11) is 1.93. The number of piperidine rings is 1. The third-order valence-corrected chi connectivity index (χ3v) is 6.75. The van der Waals surface area contributed by atoms with Crippen molar-refractivity contribution in [2.45, 2.75) is 43.9 Å². The molecule has 1 aromatic carbocycles. The number of rotatable bonds is 4. The molecule has 0 aliphatic carbocycles. The molecule has 31 heavy (non-hydrogen) atoms. The van der Waals surface area contributed by atoms with Gasteiger partial charge in [0.15, 0.2) is 0 Å². The Morgan fingerprint density at radius 2 is 2.03 bits per heavy atom. The van der Waals surface area contributed by atoms with Crippen molar-refractivity contribution >= 4 is 17.7 Å². The Morgan fingerprint density at radius 1 is 1.19 bits per heavy atom. The average Bonchev–Trinajstić information content (AvgIpc) is 3.40. The minimum Gasteiger partial charge on any atom is -0.326 e. The van der Waals surface area contributed by atoms with Crippen LogP contribution in [-0.4, -0.2) is 62.5 Å². The number of aromatic nitrogens is 2. The zero-order valence-electron chi connectivity index (χ0n) is 17.5. The van der Waals surface area contributed by atoms with Crippen molar-refractivity contribution in [2.24, 2.45) is 12.8 Å². The quantitative estimate of drug-likeness (QED) is 0.676. The zero-order valence-corrected chi connectivity index (χ0v) is 17.5. The van der Waals surface area contributed by atoms with E-state index in [4.69, 9.17) is 5.73 Å². The SMILES string of the molecule is Cn1nccc1[C@@H]1CN(Cc2cccc3c2CN(C2CCC(=O)NC2=O)C3=O)C[C@H]1N. The van der Waals surface area contributed by atoms with E-state index in [9.17, 15) is 14.4 Å². The van der Waals surface area contributed by atoms with Crippen LogP contribution in [0.15, 0.2) is 30.5 Å². The summed E-state index contributed by atoms with van der Waals surface area (Å²) in [5, 5.41) is 6.62. The molecule has 162 valence electrons. The van der Waals surface area contributed by atoms with Crippen LogP contribution in [0.3, 0.4) is 0 Å². The molecule has 1 unspecified atom stereocenters. The predicted octanol–water partition coefficient (Wildman–Crippen LogP) is 0.108. The standard InChI is InChI=1S/C22H26N6O3/c1-26-18(7-8-24-26)16-10-27(12-17(16)23)9-13-3-2-4-14-15(13)11-28(22(14)31)19-5-6-20(29)25-21(19)30/h2-4,7-8,16-17,19H,5-6,9-12,23H2,1H3,(H,25,29,30)/t16-,17-,19?/m1/s1. The van der Waals surface area contributed by atoms with E-state index in [1.54, 1.807) is 11.1 Å². The van der Waals surface area contributed by atoms with Gasteiger partial charge in [-0.1, -0.05) is 12.1 Å². The fraction of sp³-hybridized carbons (Fsp3) is 0.455. The summed E-state index contributed by atoms with van der Waals surface area (Å²) in [5.74, 6) is -0.592. The highest BCUT2D eigenvalue weighted by molar-refractivity contribution is 6.05. The molecule has 0 saturated carbocycles. The first kappa shape index (κ1) is 19.9. The first-order valence-corrected chi connectivity index (χ1v) is 10.6. The van der Waals surface area contributed by atoms with E-state index in [0.717, 1.165) is 29.9 Å². The van der Waals surface area contributed by atoms with E-state index in [0.29, 0.717) is 25.1 Å². The van der Waals surface area contributed by atoms with Gasteiger partial charge in [-0.3, -0.25) is 29.3 Å². The smallest absolute Gasteiger partial charge is 0.255 e. The van der Waals surface area contributed by atoms with Gasteiger partial charge in [0.05, 0.1) is 0 Å². The highest BCUT2D eigenvalue weighted by Gasteiger charge is 2.40. The molecule has 5 rings (SSSR count). The van der Waals surface area contributed by atoms with E-state index in [2.05, 4.69) is 15.3 Å². The highest BCUT2D eigenvalue weighted by atomic mass is 16.2. The molecule has 0 spiro atoms. The molecule has 1 aromatic heterocycles. The molecule has 3 aliphatic heterocycles. The van der Waals surface area contributed by atoms with Gasteiger partial charge in [0.25, 0.3) is 5.91 Å². The van der Waals surface area contributed by atoms with Gasteiger partial charge in [-0.2, -0.15) is 5.10 Å².